The minimum atomic E-state index is -0.248. The zero-order chi connectivity index (χ0) is 13.7. The summed E-state index contributed by atoms with van der Waals surface area (Å²) in [6.07, 6.45) is 1.49. The Balaban J connectivity index is 2.11. The Morgan fingerprint density at radius 2 is 2.05 bits per heavy atom. The quantitative estimate of drug-likeness (QED) is 0.877. The van der Waals surface area contributed by atoms with Crippen LogP contribution in [0.25, 0.3) is 0 Å². The number of benzene rings is 1. The number of aromatic nitrogens is 1. The molecule has 0 spiro atoms. The molecule has 1 amide bonds. The molecule has 2 aromatic rings. The van der Waals surface area contributed by atoms with Crippen molar-refractivity contribution in [3.05, 3.63) is 53.9 Å². The first-order valence-electron chi connectivity index (χ1n) is 5.74. The number of ether oxygens (including phenoxy) is 1. The van der Waals surface area contributed by atoms with Crippen LogP contribution in [0.2, 0.25) is 0 Å². The van der Waals surface area contributed by atoms with Crippen molar-refractivity contribution < 1.29 is 14.6 Å². The summed E-state index contributed by atoms with van der Waals surface area (Å²) in [4.78, 5) is 15.9. The monoisotopic (exact) mass is 258 g/mol. The molecule has 19 heavy (non-hydrogen) atoms. The molecule has 0 saturated heterocycles. The van der Waals surface area contributed by atoms with Crippen LogP contribution >= 0.6 is 0 Å². The molecule has 0 unspecified atom stereocenters. The van der Waals surface area contributed by atoms with E-state index in [4.69, 9.17) is 9.84 Å². The van der Waals surface area contributed by atoms with Crippen molar-refractivity contribution in [2.24, 2.45) is 0 Å². The number of hydrogen-bond acceptors (Lipinski definition) is 4. The molecule has 5 heteroatoms. The smallest absolute Gasteiger partial charge is 0.255 e. The van der Waals surface area contributed by atoms with Gasteiger partial charge in [0.2, 0.25) is 0 Å². The fraction of sp³-hybridized carbons (Fsp3) is 0.143. The lowest BCUT2D eigenvalue weighted by molar-refractivity contribution is 0.102. The Hall–Kier alpha value is -2.40. The fourth-order valence-corrected chi connectivity index (χ4v) is 1.58. The number of carbonyl (C=O) groups excluding carboxylic acids is 1. The summed E-state index contributed by atoms with van der Waals surface area (Å²) in [7, 11) is 1.58. The van der Waals surface area contributed by atoms with Crippen LogP contribution < -0.4 is 10.1 Å². The third kappa shape index (κ3) is 3.29. The van der Waals surface area contributed by atoms with Gasteiger partial charge < -0.3 is 15.2 Å². The van der Waals surface area contributed by atoms with Crippen molar-refractivity contribution in [2.45, 2.75) is 6.61 Å². The summed E-state index contributed by atoms with van der Waals surface area (Å²) in [6, 6.07) is 10.2. The summed E-state index contributed by atoms with van der Waals surface area (Å²) >= 11 is 0. The summed E-state index contributed by atoms with van der Waals surface area (Å²) in [6.45, 7) is -0.191. The summed E-state index contributed by atoms with van der Waals surface area (Å²) in [5, 5.41) is 11.7. The maximum absolute atomic E-state index is 12.0. The van der Waals surface area contributed by atoms with E-state index in [1.165, 1.54) is 6.20 Å². The molecule has 2 rings (SSSR count). The number of nitrogens with one attached hydrogen (secondary N) is 1. The van der Waals surface area contributed by atoms with Gasteiger partial charge in [0.25, 0.3) is 5.91 Å². The second kappa shape index (κ2) is 5.97. The number of nitrogens with zero attached hydrogens (tertiary/aromatic N) is 1. The standard InChI is InChI=1S/C14H14N2O3/c1-19-13-4-2-11(3-5-13)16-14(18)10-6-7-15-12(8-10)9-17/h2-8,17H,9H2,1H3,(H,16,18). The van der Waals surface area contributed by atoms with Crippen LogP contribution in [0.4, 0.5) is 5.69 Å². The number of aliphatic hydroxyl groups is 1. The molecule has 0 aliphatic rings. The SMILES string of the molecule is COc1ccc(NC(=O)c2ccnc(CO)c2)cc1. The van der Waals surface area contributed by atoms with Gasteiger partial charge in [-0.25, -0.2) is 0 Å². The Morgan fingerprint density at radius 1 is 1.32 bits per heavy atom. The van der Waals surface area contributed by atoms with E-state index in [9.17, 15) is 4.79 Å². The van der Waals surface area contributed by atoms with Gasteiger partial charge in [-0.3, -0.25) is 9.78 Å². The van der Waals surface area contributed by atoms with E-state index in [0.717, 1.165) is 5.75 Å². The number of rotatable bonds is 4. The first-order valence-corrected chi connectivity index (χ1v) is 5.74. The lowest BCUT2D eigenvalue weighted by Gasteiger charge is -2.06. The lowest BCUT2D eigenvalue weighted by atomic mass is 10.2. The average Bonchev–Trinajstić information content (AvgIpc) is 2.48. The van der Waals surface area contributed by atoms with Gasteiger partial charge in [-0.2, -0.15) is 0 Å². The number of hydrogen-bond donors (Lipinski definition) is 2. The molecule has 2 N–H and O–H groups in total. The maximum atomic E-state index is 12.0. The van der Waals surface area contributed by atoms with E-state index in [2.05, 4.69) is 10.3 Å². The van der Waals surface area contributed by atoms with Gasteiger partial charge in [-0.1, -0.05) is 0 Å². The zero-order valence-electron chi connectivity index (χ0n) is 10.5. The number of carbonyl (C=O) groups is 1. The van der Waals surface area contributed by atoms with E-state index in [-0.39, 0.29) is 12.5 Å². The third-order valence-corrected chi connectivity index (χ3v) is 2.59. The predicted octanol–water partition coefficient (Wildman–Crippen LogP) is 1.83. The summed E-state index contributed by atoms with van der Waals surface area (Å²) in [5.74, 6) is 0.478. The van der Waals surface area contributed by atoms with Crippen LogP contribution in [0.1, 0.15) is 16.1 Å². The Kier molecular flexibility index (Phi) is 4.10. The van der Waals surface area contributed by atoms with Crippen molar-refractivity contribution in [2.75, 3.05) is 12.4 Å². The highest BCUT2D eigenvalue weighted by Crippen LogP contribution is 2.16. The largest absolute Gasteiger partial charge is 0.497 e. The van der Waals surface area contributed by atoms with Gasteiger partial charge in [0, 0.05) is 17.4 Å². The van der Waals surface area contributed by atoms with Crippen molar-refractivity contribution in [3.8, 4) is 5.75 Å². The second-order valence-electron chi connectivity index (χ2n) is 3.88. The number of pyridine rings is 1. The molecule has 0 bridgehead atoms. The molecule has 0 radical (unpaired) electrons. The van der Waals surface area contributed by atoms with Crippen LogP contribution in [0, 0.1) is 0 Å². The van der Waals surface area contributed by atoms with Gasteiger partial charge in [0.05, 0.1) is 19.4 Å². The van der Waals surface area contributed by atoms with Crippen LogP contribution in [-0.2, 0) is 6.61 Å². The van der Waals surface area contributed by atoms with Crippen LogP contribution in [0.3, 0.4) is 0 Å². The predicted molar refractivity (Wildman–Crippen MR) is 71.1 cm³/mol. The van der Waals surface area contributed by atoms with E-state index < -0.39 is 0 Å². The molecule has 5 nitrogen and oxygen atoms in total. The van der Waals surface area contributed by atoms with Crippen LogP contribution in [0.5, 0.6) is 5.75 Å². The van der Waals surface area contributed by atoms with E-state index in [1.54, 1.807) is 43.5 Å². The minimum Gasteiger partial charge on any atom is -0.497 e. The highest BCUT2D eigenvalue weighted by atomic mass is 16.5. The summed E-state index contributed by atoms with van der Waals surface area (Å²) in [5.41, 5.74) is 1.59. The van der Waals surface area contributed by atoms with Gasteiger partial charge in [0.15, 0.2) is 0 Å². The first-order chi connectivity index (χ1) is 9.22. The van der Waals surface area contributed by atoms with Crippen molar-refractivity contribution in [3.63, 3.8) is 0 Å². The van der Waals surface area contributed by atoms with Crippen LogP contribution in [0.15, 0.2) is 42.6 Å². The third-order valence-electron chi connectivity index (χ3n) is 2.59. The molecule has 1 aromatic carbocycles. The Morgan fingerprint density at radius 3 is 2.68 bits per heavy atom. The molecule has 98 valence electrons. The van der Waals surface area contributed by atoms with Gasteiger partial charge in [0.1, 0.15) is 5.75 Å². The first kappa shape index (κ1) is 13.0. The Bertz CT molecular complexity index is 567. The molecule has 0 aliphatic carbocycles. The second-order valence-corrected chi connectivity index (χ2v) is 3.88. The van der Waals surface area contributed by atoms with Crippen molar-refractivity contribution >= 4 is 11.6 Å². The number of methoxy groups -OCH3 is 1. The lowest BCUT2D eigenvalue weighted by Crippen LogP contribution is -2.12. The van der Waals surface area contributed by atoms with Crippen molar-refractivity contribution in [1.82, 2.24) is 4.98 Å². The fourth-order valence-electron chi connectivity index (χ4n) is 1.58. The van der Waals surface area contributed by atoms with Crippen LogP contribution in [-0.4, -0.2) is 23.1 Å². The van der Waals surface area contributed by atoms with Gasteiger partial charge >= 0.3 is 0 Å². The highest BCUT2D eigenvalue weighted by Gasteiger charge is 2.07. The average molecular weight is 258 g/mol. The minimum absolute atomic E-state index is 0.191. The van der Waals surface area contributed by atoms with E-state index >= 15 is 0 Å². The normalized spacial score (nSPS) is 10.0. The maximum Gasteiger partial charge on any atom is 0.255 e. The van der Waals surface area contributed by atoms with Gasteiger partial charge in [-0.05, 0) is 36.4 Å². The topological polar surface area (TPSA) is 71.5 Å². The van der Waals surface area contributed by atoms with E-state index in [1.807, 2.05) is 0 Å². The molecule has 0 atom stereocenters. The highest BCUT2D eigenvalue weighted by molar-refractivity contribution is 6.04. The summed E-state index contributed by atoms with van der Waals surface area (Å²) < 4.78 is 5.04. The van der Waals surface area contributed by atoms with Crippen molar-refractivity contribution in [1.29, 1.82) is 0 Å². The molecule has 0 aliphatic heterocycles. The Labute approximate surface area is 110 Å². The number of amides is 1. The zero-order valence-corrected chi connectivity index (χ0v) is 10.5. The molecule has 0 saturated carbocycles. The molecule has 1 aromatic heterocycles. The van der Waals surface area contributed by atoms with Gasteiger partial charge in [-0.15, -0.1) is 0 Å². The van der Waals surface area contributed by atoms with E-state index in [0.29, 0.717) is 16.9 Å². The number of anilines is 1. The molecule has 0 fully saturated rings. The molecule has 1 heterocycles. The molecular formula is C14H14N2O3. The molecular weight excluding hydrogens is 244 g/mol. The number of aliphatic hydroxyl groups excluding tert-OH is 1.